The van der Waals surface area contributed by atoms with Crippen molar-refractivity contribution in [2.75, 3.05) is 18.0 Å². The molecule has 2 bridgehead atoms. The van der Waals surface area contributed by atoms with Crippen LogP contribution in [0.25, 0.3) is 21.8 Å². The number of rotatable bonds is 1. The molecule has 2 aliphatic rings. The number of halogens is 2. The average molecular weight is 408 g/mol. The number of aryl methyl sites for hydroxylation is 1. The van der Waals surface area contributed by atoms with Crippen molar-refractivity contribution in [3.05, 3.63) is 22.0 Å². The molecular weight excluding hydrogens is 392 g/mol. The van der Waals surface area contributed by atoms with Gasteiger partial charge in [0.05, 0.1) is 10.9 Å². The molecule has 2 fully saturated rings. The summed E-state index contributed by atoms with van der Waals surface area (Å²) in [6.45, 7) is 1.98. The first-order valence-corrected chi connectivity index (χ1v) is 9.27. The highest BCUT2D eigenvalue weighted by Gasteiger charge is 2.38. The number of benzene rings is 1. The summed E-state index contributed by atoms with van der Waals surface area (Å²) < 4.78 is 2.76. The lowest BCUT2D eigenvalue weighted by atomic mass is 10.1. The van der Waals surface area contributed by atoms with Crippen molar-refractivity contribution in [3.63, 3.8) is 0 Å². The second-order valence-corrected chi connectivity index (χ2v) is 7.78. The van der Waals surface area contributed by atoms with Gasteiger partial charge < -0.3 is 10.2 Å². The number of aromatic nitrogens is 4. The Hall–Kier alpha value is -1.44. The normalized spacial score (nSPS) is 23.5. The zero-order valence-corrected chi connectivity index (χ0v) is 15.5. The second-order valence-electron chi connectivity index (χ2n) is 6.58. The smallest absolute Gasteiger partial charge is 0.224 e. The van der Waals surface area contributed by atoms with E-state index in [0.717, 1.165) is 45.2 Å². The molecule has 6 nitrogen and oxygen atoms in total. The molecule has 4 heterocycles. The van der Waals surface area contributed by atoms with Crippen LogP contribution in [0.2, 0.25) is 5.28 Å². The predicted octanol–water partition coefficient (Wildman–Crippen LogP) is 2.87. The van der Waals surface area contributed by atoms with Gasteiger partial charge >= 0.3 is 0 Å². The molecule has 3 aromatic rings. The van der Waals surface area contributed by atoms with Gasteiger partial charge in [0.1, 0.15) is 11.3 Å². The highest BCUT2D eigenvalue weighted by Crippen LogP contribution is 2.40. The zero-order valence-electron chi connectivity index (χ0n) is 13.1. The number of nitrogens with one attached hydrogen (secondary N) is 1. The van der Waals surface area contributed by atoms with Crippen LogP contribution < -0.4 is 10.2 Å². The van der Waals surface area contributed by atoms with Crippen LogP contribution in [0.4, 0.5) is 5.82 Å². The van der Waals surface area contributed by atoms with Crippen molar-refractivity contribution >= 4 is 55.2 Å². The average Bonchev–Trinajstić information content (AvgIpc) is 3.04. The molecule has 0 aliphatic carbocycles. The Bertz CT molecular complexity index is 954. The fourth-order valence-corrected chi connectivity index (χ4v) is 4.83. The lowest BCUT2D eigenvalue weighted by Crippen LogP contribution is -2.52. The van der Waals surface area contributed by atoms with E-state index in [1.807, 2.05) is 24.0 Å². The maximum absolute atomic E-state index is 6.27. The van der Waals surface area contributed by atoms with E-state index in [1.165, 1.54) is 12.8 Å². The van der Waals surface area contributed by atoms with E-state index in [4.69, 9.17) is 11.6 Å². The molecule has 2 unspecified atom stereocenters. The summed E-state index contributed by atoms with van der Waals surface area (Å²) in [6, 6.07) is 2.92. The van der Waals surface area contributed by atoms with E-state index in [9.17, 15) is 0 Å². The molecule has 2 atom stereocenters. The number of nitrogens with zero attached hydrogens (tertiary/aromatic N) is 5. The van der Waals surface area contributed by atoms with Gasteiger partial charge in [-0.15, -0.1) is 0 Å². The van der Waals surface area contributed by atoms with Crippen molar-refractivity contribution in [2.45, 2.75) is 24.9 Å². The van der Waals surface area contributed by atoms with Gasteiger partial charge in [-0.3, -0.25) is 4.68 Å². The molecule has 0 spiro atoms. The Kier molecular flexibility index (Phi) is 3.27. The van der Waals surface area contributed by atoms with Crippen molar-refractivity contribution < 1.29 is 0 Å². The van der Waals surface area contributed by atoms with Crippen molar-refractivity contribution in [1.29, 1.82) is 0 Å². The number of fused-ring (bicyclic) bond motifs is 5. The van der Waals surface area contributed by atoms with Crippen LogP contribution in [0.1, 0.15) is 12.8 Å². The minimum absolute atomic E-state index is 0.297. The fourth-order valence-electron chi connectivity index (χ4n) is 4.15. The lowest BCUT2D eigenvalue weighted by molar-refractivity contribution is 0.482. The van der Waals surface area contributed by atoms with E-state index >= 15 is 0 Å². The highest BCUT2D eigenvalue weighted by atomic mass is 79.9. The van der Waals surface area contributed by atoms with Crippen LogP contribution in [0.3, 0.4) is 0 Å². The van der Waals surface area contributed by atoms with Gasteiger partial charge in [0.15, 0.2) is 0 Å². The van der Waals surface area contributed by atoms with Gasteiger partial charge in [-0.05, 0) is 46.4 Å². The molecule has 2 aromatic heterocycles. The Labute approximate surface area is 152 Å². The van der Waals surface area contributed by atoms with Crippen molar-refractivity contribution in [2.24, 2.45) is 7.05 Å². The van der Waals surface area contributed by atoms with E-state index in [-0.39, 0.29) is 0 Å². The fraction of sp³-hybridized carbons (Fsp3) is 0.438. The second kappa shape index (κ2) is 5.28. The van der Waals surface area contributed by atoms with Crippen LogP contribution in [0.5, 0.6) is 0 Å². The zero-order chi connectivity index (χ0) is 16.4. The van der Waals surface area contributed by atoms with E-state index in [0.29, 0.717) is 17.4 Å². The first-order valence-electron chi connectivity index (χ1n) is 8.10. The maximum atomic E-state index is 6.27. The summed E-state index contributed by atoms with van der Waals surface area (Å²) in [4.78, 5) is 11.6. The maximum Gasteiger partial charge on any atom is 0.224 e. The van der Waals surface area contributed by atoms with Gasteiger partial charge in [-0.25, -0.2) is 4.98 Å². The molecular formula is C16H16BrClN6. The third-order valence-corrected chi connectivity index (χ3v) is 5.88. The molecule has 2 aliphatic heterocycles. The molecule has 0 amide bonds. The number of anilines is 1. The van der Waals surface area contributed by atoms with Crippen LogP contribution in [0, 0.1) is 0 Å². The summed E-state index contributed by atoms with van der Waals surface area (Å²) in [5.41, 5.74) is 1.79. The largest absolute Gasteiger partial charge is 0.347 e. The van der Waals surface area contributed by atoms with Crippen LogP contribution in [-0.4, -0.2) is 44.9 Å². The molecule has 124 valence electrons. The SMILES string of the molecule is Cn1cc2c(n1)c(Br)cc1nc(Cl)nc(N3C4CCC3CNC4)c12. The van der Waals surface area contributed by atoms with Crippen LogP contribution in [0.15, 0.2) is 16.7 Å². The Morgan fingerprint density at radius 2 is 2.00 bits per heavy atom. The van der Waals surface area contributed by atoms with Gasteiger partial charge in [-0.1, -0.05) is 0 Å². The summed E-state index contributed by atoms with van der Waals surface area (Å²) in [6.07, 6.45) is 4.41. The molecule has 2 saturated heterocycles. The minimum atomic E-state index is 0.297. The van der Waals surface area contributed by atoms with Gasteiger partial charge in [0.25, 0.3) is 0 Å². The monoisotopic (exact) mass is 406 g/mol. The summed E-state index contributed by atoms with van der Waals surface area (Å²) in [5, 5.41) is 10.5. The van der Waals surface area contributed by atoms with Crippen molar-refractivity contribution in [3.8, 4) is 0 Å². The Morgan fingerprint density at radius 1 is 1.25 bits per heavy atom. The van der Waals surface area contributed by atoms with Gasteiger partial charge in [0, 0.05) is 48.3 Å². The summed E-state index contributed by atoms with van der Waals surface area (Å²) >= 11 is 9.88. The number of hydrogen-bond acceptors (Lipinski definition) is 5. The van der Waals surface area contributed by atoms with E-state index in [2.05, 4.69) is 41.2 Å². The molecule has 0 saturated carbocycles. The van der Waals surface area contributed by atoms with Crippen molar-refractivity contribution in [1.82, 2.24) is 25.1 Å². The van der Waals surface area contributed by atoms with Gasteiger partial charge in [-0.2, -0.15) is 10.1 Å². The molecule has 24 heavy (non-hydrogen) atoms. The van der Waals surface area contributed by atoms with Crippen LogP contribution >= 0.6 is 27.5 Å². The highest BCUT2D eigenvalue weighted by molar-refractivity contribution is 9.10. The molecule has 1 aromatic carbocycles. The standard InChI is InChI=1S/C16H16BrClN6/c1-23-7-10-13-12(4-11(17)14(10)22-23)20-16(18)21-15(13)24-8-2-3-9(24)6-19-5-8/h4,7-9,19H,2-3,5-6H2,1H3. The quantitative estimate of drug-likeness (QED) is 0.629. The first kappa shape index (κ1) is 14.9. The van der Waals surface area contributed by atoms with E-state index in [1.54, 1.807) is 0 Å². The molecule has 0 radical (unpaired) electrons. The molecule has 5 rings (SSSR count). The van der Waals surface area contributed by atoms with Crippen LogP contribution in [-0.2, 0) is 7.05 Å². The predicted molar refractivity (Wildman–Crippen MR) is 98.7 cm³/mol. The van der Waals surface area contributed by atoms with E-state index < -0.39 is 0 Å². The third-order valence-electron chi connectivity index (χ3n) is 5.10. The Balaban J connectivity index is 1.86. The summed E-state index contributed by atoms with van der Waals surface area (Å²) in [7, 11) is 1.93. The number of piperazine rings is 1. The molecule has 8 heteroatoms. The molecule has 1 N–H and O–H groups in total. The summed E-state index contributed by atoms with van der Waals surface area (Å²) in [5.74, 6) is 0.949. The Morgan fingerprint density at radius 3 is 2.75 bits per heavy atom. The minimum Gasteiger partial charge on any atom is -0.347 e. The topological polar surface area (TPSA) is 58.9 Å². The lowest BCUT2D eigenvalue weighted by Gasteiger charge is -2.36. The van der Waals surface area contributed by atoms with Gasteiger partial charge in [0.2, 0.25) is 5.28 Å². The third kappa shape index (κ3) is 2.08. The first-order chi connectivity index (χ1) is 11.6. The number of hydrogen-bond donors (Lipinski definition) is 1.